The van der Waals surface area contributed by atoms with Gasteiger partial charge in [0.1, 0.15) is 12.4 Å². The third kappa shape index (κ3) is 5.79. The van der Waals surface area contributed by atoms with Crippen molar-refractivity contribution in [3.8, 4) is 5.69 Å². The van der Waals surface area contributed by atoms with E-state index in [9.17, 15) is 17.6 Å². The molecule has 1 aromatic heterocycles. The molecule has 0 radical (unpaired) electrons. The van der Waals surface area contributed by atoms with Crippen LogP contribution in [0.1, 0.15) is 22.5 Å². The number of nitrogens with zero attached hydrogens (tertiary/aromatic N) is 3. The summed E-state index contributed by atoms with van der Waals surface area (Å²) in [4.78, 5) is 12.7. The Labute approximate surface area is 226 Å². The van der Waals surface area contributed by atoms with Gasteiger partial charge in [-0.1, -0.05) is 47.5 Å². The van der Waals surface area contributed by atoms with Crippen molar-refractivity contribution < 1.29 is 17.6 Å². The number of carbonyl (C=O) groups excluding carboxylic acids is 1. The molecule has 1 amide bonds. The van der Waals surface area contributed by atoms with Crippen molar-refractivity contribution in [3.63, 3.8) is 0 Å². The lowest BCUT2D eigenvalue weighted by Crippen LogP contribution is -2.40. The molecule has 0 atom stereocenters. The summed E-state index contributed by atoms with van der Waals surface area (Å²) in [5, 5.41) is 4.63. The van der Waals surface area contributed by atoms with E-state index in [-0.39, 0.29) is 10.6 Å². The molecule has 0 saturated heterocycles. The first-order valence-corrected chi connectivity index (χ1v) is 13.5. The quantitative estimate of drug-likeness (QED) is 0.230. The molecule has 1 N–H and O–H groups in total. The summed E-state index contributed by atoms with van der Waals surface area (Å²) in [6.45, 7) is 5.00. The fourth-order valence-corrected chi connectivity index (χ4v) is 5.67. The van der Waals surface area contributed by atoms with Crippen LogP contribution in [0.2, 0.25) is 5.02 Å². The minimum atomic E-state index is -4.24. The summed E-state index contributed by atoms with van der Waals surface area (Å²) < 4.78 is 44.2. The maximum absolute atomic E-state index is 14.6. The Hall–Kier alpha value is -3.95. The van der Waals surface area contributed by atoms with Crippen LogP contribution >= 0.6 is 11.6 Å². The lowest BCUT2D eigenvalue weighted by molar-refractivity contribution is -0.119. The zero-order chi connectivity index (χ0) is 27.4. The van der Waals surface area contributed by atoms with E-state index < -0.39 is 28.3 Å². The van der Waals surface area contributed by atoms with E-state index in [4.69, 9.17) is 11.6 Å². The normalized spacial score (nSPS) is 11.6. The van der Waals surface area contributed by atoms with Gasteiger partial charge < -0.3 is 4.57 Å². The van der Waals surface area contributed by atoms with Crippen molar-refractivity contribution in [1.29, 1.82) is 0 Å². The number of para-hydroxylation sites is 1. The van der Waals surface area contributed by atoms with E-state index in [1.807, 2.05) is 49.6 Å². The van der Waals surface area contributed by atoms with Crippen molar-refractivity contribution in [2.45, 2.75) is 25.7 Å². The second-order valence-electron chi connectivity index (χ2n) is 8.71. The second-order valence-corrected chi connectivity index (χ2v) is 11.0. The Morgan fingerprint density at radius 2 is 1.74 bits per heavy atom. The molecule has 196 valence electrons. The Morgan fingerprint density at radius 3 is 2.42 bits per heavy atom. The summed E-state index contributed by atoms with van der Waals surface area (Å²) in [5.41, 5.74) is 6.43. The van der Waals surface area contributed by atoms with Crippen LogP contribution in [0.3, 0.4) is 0 Å². The van der Waals surface area contributed by atoms with Crippen LogP contribution < -0.4 is 9.73 Å². The number of aromatic nitrogens is 1. The number of halogens is 2. The Bertz CT molecular complexity index is 1620. The van der Waals surface area contributed by atoms with E-state index in [1.165, 1.54) is 36.5 Å². The van der Waals surface area contributed by atoms with Crippen LogP contribution in [0.25, 0.3) is 5.69 Å². The molecule has 0 spiro atoms. The smallest absolute Gasteiger partial charge is 0.264 e. The monoisotopic (exact) mass is 552 g/mol. The maximum Gasteiger partial charge on any atom is 0.264 e. The first kappa shape index (κ1) is 27.1. The molecule has 0 bridgehead atoms. The zero-order valence-corrected chi connectivity index (χ0v) is 22.6. The highest BCUT2D eigenvalue weighted by molar-refractivity contribution is 7.92. The molecular weight excluding hydrogens is 527 g/mol. The number of sulfonamides is 1. The summed E-state index contributed by atoms with van der Waals surface area (Å²) in [6.07, 6.45) is 1.48. The molecule has 0 aliphatic heterocycles. The van der Waals surface area contributed by atoms with Crippen molar-refractivity contribution in [2.24, 2.45) is 5.10 Å². The van der Waals surface area contributed by atoms with Gasteiger partial charge >= 0.3 is 0 Å². The van der Waals surface area contributed by atoms with Gasteiger partial charge in [0, 0.05) is 27.7 Å². The number of amides is 1. The molecule has 0 unspecified atom stereocenters. The van der Waals surface area contributed by atoms with Gasteiger partial charge in [-0.05, 0) is 69.3 Å². The predicted molar refractivity (Wildman–Crippen MR) is 148 cm³/mol. The van der Waals surface area contributed by atoms with Gasteiger partial charge in [-0.3, -0.25) is 9.10 Å². The molecule has 4 aromatic rings. The molecule has 0 aliphatic carbocycles. The standard InChI is InChI=1S/C28H26ClFN4O3S/c1-19-11-13-25(14-12-19)38(36,37)33(27-10-5-4-9-26(27)30)18-28(35)32-31-17-22-15-20(2)34(21(22)3)24-8-6-7-23(29)16-24/h4-17H,18H2,1-3H3,(H,32,35)/b31-17-. The summed E-state index contributed by atoms with van der Waals surface area (Å²) >= 11 is 6.14. The molecule has 10 heteroatoms. The fourth-order valence-electron chi connectivity index (χ4n) is 4.06. The molecule has 1 heterocycles. The number of rotatable bonds is 8. The minimum Gasteiger partial charge on any atom is -0.318 e. The summed E-state index contributed by atoms with van der Waals surface area (Å²) in [5.74, 6) is -1.50. The third-order valence-corrected chi connectivity index (χ3v) is 7.96. The van der Waals surface area contributed by atoms with Crippen LogP contribution in [0, 0.1) is 26.6 Å². The van der Waals surface area contributed by atoms with Crippen molar-refractivity contribution >= 4 is 39.4 Å². The largest absolute Gasteiger partial charge is 0.318 e. The van der Waals surface area contributed by atoms with E-state index >= 15 is 0 Å². The molecule has 3 aromatic carbocycles. The number of aryl methyl sites for hydroxylation is 2. The first-order chi connectivity index (χ1) is 18.1. The van der Waals surface area contributed by atoms with E-state index in [0.29, 0.717) is 5.02 Å². The molecule has 4 rings (SSSR count). The SMILES string of the molecule is Cc1ccc(S(=O)(=O)N(CC(=O)N/N=C\c2cc(C)n(-c3cccc(Cl)c3)c2C)c2ccccc2F)cc1. The van der Waals surface area contributed by atoms with E-state index in [2.05, 4.69) is 10.5 Å². The molecule has 38 heavy (non-hydrogen) atoms. The van der Waals surface area contributed by atoms with Crippen molar-refractivity contribution in [2.75, 3.05) is 10.8 Å². The van der Waals surface area contributed by atoms with Gasteiger partial charge in [-0.25, -0.2) is 18.2 Å². The highest BCUT2D eigenvalue weighted by Gasteiger charge is 2.29. The highest BCUT2D eigenvalue weighted by atomic mass is 35.5. The van der Waals surface area contributed by atoms with Crippen molar-refractivity contribution in [1.82, 2.24) is 9.99 Å². The van der Waals surface area contributed by atoms with Gasteiger partial charge in [0.05, 0.1) is 16.8 Å². The van der Waals surface area contributed by atoms with Gasteiger partial charge in [0.15, 0.2) is 0 Å². The summed E-state index contributed by atoms with van der Waals surface area (Å²) in [7, 11) is -4.24. The van der Waals surface area contributed by atoms with Gasteiger partial charge in [-0.15, -0.1) is 0 Å². The maximum atomic E-state index is 14.6. The molecule has 7 nitrogen and oxygen atoms in total. The summed E-state index contributed by atoms with van der Waals surface area (Å²) in [6, 6.07) is 20.8. The first-order valence-electron chi connectivity index (χ1n) is 11.7. The van der Waals surface area contributed by atoms with Crippen molar-refractivity contribution in [3.05, 3.63) is 112 Å². The number of benzene rings is 3. The average Bonchev–Trinajstić information content (AvgIpc) is 3.16. The third-order valence-electron chi connectivity index (χ3n) is 5.95. The Kier molecular flexibility index (Phi) is 7.99. The number of hydrazone groups is 1. The van der Waals surface area contributed by atoms with Gasteiger partial charge in [-0.2, -0.15) is 5.10 Å². The lowest BCUT2D eigenvalue weighted by atomic mass is 10.2. The Morgan fingerprint density at radius 1 is 1.03 bits per heavy atom. The average molecular weight is 553 g/mol. The van der Waals surface area contributed by atoms with E-state index in [1.54, 1.807) is 18.2 Å². The molecule has 0 fully saturated rings. The van der Waals surface area contributed by atoms with Crippen LogP contribution in [0.5, 0.6) is 0 Å². The van der Waals surface area contributed by atoms with Crippen LogP contribution in [-0.4, -0.2) is 31.7 Å². The number of hydrogen-bond acceptors (Lipinski definition) is 4. The second kappa shape index (κ2) is 11.2. The van der Waals surface area contributed by atoms with Gasteiger partial charge in [0.2, 0.25) is 0 Å². The molecule has 0 aliphatic rings. The van der Waals surface area contributed by atoms with E-state index in [0.717, 1.165) is 38.6 Å². The predicted octanol–water partition coefficient (Wildman–Crippen LogP) is 5.54. The number of nitrogens with one attached hydrogen (secondary N) is 1. The fraction of sp³-hybridized carbons (Fsp3) is 0.143. The van der Waals surface area contributed by atoms with Crippen LogP contribution in [0.4, 0.5) is 10.1 Å². The molecule has 0 saturated carbocycles. The van der Waals surface area contributed by atoms with Crippen LogP contribution in [0.15, 0.2) is 88.9 Å². The van der Waals surface area contributed by atoms with Gasteiger partial charge in [0.25, 0.3) is 15.9 Å². The number of hydrogen-bond donors (Lipinski definition) is 1. The number of carbonyl (C=O) groups is 1. The molecular formula is C28H26ClFN4O3S. The van der Waals surface area contributed by atoms with Crippen LogP contribution in [-0.2, 0) is 14.8 Å². The Balaban J connectivity index is 1.56. The number of anilines is 1. The zero-order valence-electron chi connectivity index (χ0n) is 21.0. The topological polar surface area (TPSA) is 83.8 Å². The lowest BCUT2D eigenvalue weighted by Gasteiger charge is -2.24. The minimum absolute atomic E-state index is 0.0592. The highest BCUT2D eigenvalue weighted by Crippen LogP contribution is 2.26.